The van der Waals surface area contributed by atoms with Gasteiger partial charge in [-0.2, -0.15) is 0 Å². The summed E-state index contributed by atoms with van der Waals surface area (Å²) in [6.07, 6.45) is 5.67. The average molecular weight is 296 g/mol. The van der Waals surface area contributed by atoms with Crippen LogP contribution in [0.15, 0.2) is 54.9 Å². The fourth-order valence-electron chi connectivity index (χ4n) is 3.01. The molecule has 0 fully saturated rings. The highest BCUT2D eigenvalue weighted by Gasteiger charge is 2.23. The van der Waals surface area contributed by atoms with Crippen LogP contribution in [0, 0.1) is 11.3 Å². The van der Waals surface area contributed by atoms with Crippen molar-refractivity contribution in [3.63, 3.8) is 0 Å². The zero-order valence-electron chi connectivity index (χ0n) is 14.7. The molecule has 1 heteroatoms. The standard InChI is InChI=1S/C21H30N/c1-17(2)20(15-21(3,4)5)19-11-13-22(14-12-19)16-18-9-7-6-8-10-18/h6-14,17,20H,15-16H2,1-5H3/q+1. The third-order valence-electron chi connectivity index (χ3n) is 4.19. The van der Waals surface area contributed by atoms with E-state index in [-0.39, 0.29) is 0 Å². The fourth-order valence-corrected chi connectivity index (χ4v) is 3.01. The van der Waals surface area contributed by atoms with E-state index in [0.717, 1.165) is 6.54 Å². The molecule has 0 saturated carbocycles. The minimum absolute atomic E-state index is 0.366. The predicted molar refractivity (Wildman–Crippen MR) is 93.8 cm³/mol. The predicted octanol–water partition coefficient (Wildman–Crippen LogP) is 5.20. The van der Waals surface area contributed by atoms with E-state index >= 15 is 0 Å². The smallest absolute Gasteiger partial charge is 0.173 e. The number of benzene rings is 1. The van der Waals surface area contributed by atoms with Gasteiger partial charge in [0.05, 0.1) is 0 Å². The van der Waals surface area contributed by atoms with Gasteiger partial charge in [0, 0.05) is 17.7 Å². The number of pyridine rings is 1. The Kier molecular flexibility index (Phi) is 5.39. The van der Waals surface area contributed by atoms with Crippen LogP contribution in [0.3, 0.4) is 0 Å². The van der Waals surface area contributed by atoms with Gasteiger partial charge in [0.25, 0.3) is 0 Å². The maximum atomic E-state index is 2.33. The van der Waals surface area contributed by atoms with Crippen molar-refractivity contribution in [3.8, 4) is 0 Å². The summed E-state index contributed by atoms with van der Waals surface area (Å²) in [5, 5.41) is 0. The van der Waals surface area contributed by atoms with Gasteiger partial charge in [-0.25, -0.2) is 4.57 Å². The molecule has 0 aliphatic carbocycles. The second kappa shape index (κ2) is 7.09. The van der Waals surface area contributed by atoms with Crippen LogP contribution >= 0.6 is 0 Å². The summed E-state index contributed by atoms with van der Waals surface area (Å²) in [7, 11) is 0. The van der Waals surface area contributed by atoms with E-state index < -0.39 is 0 Å². The van der Waals surface area contributed by atoms with Gasteiger partial charge in [-0.15, -0.1) is 0 Å². The molecule has 0 N–H and O–H groups in total. The quantitative estimate of drug-likeness (QED) is 0.668. The van der Waals surface area contributed by atoms with Gasteiger partial charge in [0.2, 0.25) is 0 Å². The summed E-state index contributed by atoms with van der Waals surface area (Å²) in [6.45, 7) is 12.6. The zero-order valence-corrected chi connectivity index (χ0v) is 14.7. The summed E-state index contributed by atoms with van der Waals surface area (Å²) < 4.78 is 2.26. The molecule has 22 heavy (non-hydrogen) atoms. The molecule has 0 amide bonds. The van der Waals surface area contributed by atoms with Crippen LogP contribution in [-0.4, -0.2) is 0 Å². The highest BCUT2D eigenvalue weighted by molar-refractivity contribution is 5.16. The van der Waals surface area contributed by atoms with Crippen LogP contribution in [0.2, 0.25) is 0 Å². The Balaban J connectivity index is 2.12. The Morgan fingerprint density at radius 3 is 2.00 bits per heavy atom. The molecule has 2 aromatic rings. The molecule has 0 aliphatic heterocycles. The number of hydrogen-bond donors (Lipinski definition) is 0. The lowest BCUT2D eigenvalue weighted by Gasteiger charge is -2.28. The van der Waals surface area contributed by atoms with Crippen LogP contribution in [-0.2, 0) is 6.54 Å². The van der Waals surface area contributed by atoms with Crippen molar-refractivity contribution in [1.29, 1.82) is 0 Å². The van der Waals surface area contributed by atoms with Crippen molar-refractivity contribution >= 4 is 0 Å². The molecule has 1 atom stereocenters. The fraction of sp³-hybridized carbons (Fsp3) is 0.476. The lowest BCUT2D eigenvalue weighted by molar-refractivity contribution is -0.688. The minimum Gasteiger partial charge on any atom is -0.201 e. The van der Waals surface area contributed by atoms with Crippen LogP contribution in [0.4, 0.5) is 0 Å². The van der Waals surface area contributed by atoms with E-state index in [1.165, 1.54) is 17.5 Å². The van der Waals surface area contributed by atoms with E-state index in [0.29, 0.717) is 17.3 Å². The molecule has 0 spiro atoms. The Hall–Kier alpha value is -1.63. The van der Waals surface area contributed by atoms with Gasteiger partial charge < -0.3 is 0 Å². The molecule has 1 nitrogen and oxygen atoms in total. The van der Waals surface area contributed by atoms with Crippen LogP contribution in [0.25, 0.3) is 0 Å². The topological polar surface area (TPSA) is 3.88 Å². The number of nitrogens with zero attached hydrogens (tertiary/aromatic N) is 1. The third kappa shape index (κ3) is 4.98. The Bertz CT molecular complexity index is 561. The van der Waals surface area contributed by atoms with Crippen LogP contribution < -0.4 is 4.57 Å². The van der Waals surface area contributed by atoms with Crippen molar-refractivity contribution in [3.05, 3.63) is 66.0 Å². The molecule has 118 valence electrons. The molecule has 1 aromatic heterocycles. The normalized spacial score (nSPS) is 13.4. The monoisotopic (exact) mass is 296 g/mol. The first-order valence-electron chi connectivity index (χ1n) is 8.38. The minimum atomic E-state index is 0.366. The summed E-state index contributed by atoms with van der Waals surface area (Å²) in [4.78, 5) is 0. The van der Waals surface area contributed by atoms with E-state index in [1.54, 1.807) is 0 Å². The molecule has 1 unspecified atom stereocenters. The van der Waals surface area contributed by atoms with Crippen molar-refractivity contribution in [2.45, 2.75) is 53.5 Å². The number of aromatic nitrogens is 1. The molecule has 1 aromatic carbocycles. The Labute approximate surface area is 136 Å². The van der Waals surface area contributed by atoms with Gasteiger partial charge in [0.1, 0.15) is 0 Å². The second-order valence-corrected chi connectivity index (χ2v) is 7.90. The Morgan fingerprint density at radius 1 is 0.909 bits per heavy atom. The number of hydrogen-bond acceptors (Lipinski definition) is 0. The van der Waals surface area contributed by atoms with E-state index in [4.69, 9.17) is 0 Å². The Morgan fingerprint density at radius 2 is 1.50 bits per heavy atom. The van der Waals surface area contributed by atoms with Gasteiger partial charge >= 0.3 is 0 Å². The molecule has 0 bridgehead atoms. The number of rotatable bonds is 5. The molecule has 1 heterocycles. The highest BCUT2D eigenvalue weighted by Crippen LogP contribution is 2.35. The SMILES string of the molecule is CC(C)C(CC(C)(C)C)c1cc[n+](Cc2ccccc2)cc1. The summed E-state index contributed by atoms with van der Waals surface area (Å²) in [5.41, 5.74) is 3.18. The molecule has 0 saturated heterocycles. The van der Waals surface area contributed by atoms with Crippen LogP contribution in [0.1, 0.15) is 58.1 Å². The zero-order chi connectivity index (χ0) is 16.2. The maximum absolute atomic E-state index is 2.33. The lowest BCUT2D eigenvalue weighted by Crippen LogP contribution is -2.33. The van der Waals surface area contributed by atoms with E-state index in [9.17, 15) is 0 Å². The van der Waals surface area contributed by atoms with Gasteiger partial charge in [-0.1, -0.05) is 65.0 Å². The van der Waals surface area contributed by atoms with Gasteiger partial charge in [-0.05, 0) is 29.2 Å². The summed E-state index contributed by atoms with van der Waals surface area (Å²) in [5.74, 6) is 1.30. The van der Waals surface area contributed by atoms with Gasteiger partial charge in [0.15, 0.2) is 18.9 Å². The van der Waals surface area contributed by atoms with Crippen molar-refractivity contribution in [2.24, 2.45) is 11.3 Å². The van der Waals surface area contributed by atoms with Crippen LogP contribution in [0.5, 0.6) is 0 Å². The van der Waals surface area contributed by atoms with Crippen molar-refractivity contribution < 1.29 is 4.57 Å². The molecule has 0 radical (unpaired) electrons. The molecular weight excluding hydrogens is 266 g/mol. The second-order valence-electron chi connectivity index (χ2n) is 7.90. The van der Waals surface area contributed by atoms with E-state index in [2.05, 4.69) is 94.0 Å². The van der Waals surface area contributed by atoms with Crippen molar-refractivity contribution in [1.82, 2.24) is 0 Å². The van der Waals surface area contributed by atoms with Crippen molar-refractivity contribution in [2.75, 3.05) is 0 Å². The van der Waals surface area contributed by atoms with E-state index in [1.807, 2.05) is 0 Å². The van der Waals surface area contributed by atoms with Gasteiger partial charge in [-0.3, -0.25) is 0 Å². The lowest BCUT2D eigenvalue weighted by atomic mass is 9.76. The third-order valence-corrected chi connectivity index (χ3v) is 4.19. The molecular formula is C21H30N+. The molecule has 0 aliphatic rings. The highest BCUT2D eigenvalue weighted by atomic mass is 14.9. The average Bonchev–Trinajstić information content (AvgIpc) is 2.46. The first kappa shape index (κ1) is 16.7. The molecule has 2 rings (SSSR count). The maximum Gasteiger partial charge on any atom is 0.173 e. The first-order chi connectivity index (χ1) is 10.3. The summed E-state index contributed by atoms with van der Waals surface area (Å²) >= 11 is 0. The first-order valence-corrected chi connectivity index (χ1v) is 8.38. The largest absolute Gasteiger partial charge is 0.201 e. The summed E-state index contributed by atoms with van der Waals surface area (Å²) in [6, 6.07) is 15.2.